The largest absolute Gasteiger partial charge is 0.381 e. The van der Waals surface area contributed by atoms with Crippen LogP contribution < -0.4 is 5.32 Å². The predicted molar refractivity (Wildman–Crippen MR) is 68.2 cm³/mol. The van der Waals surface area contributed by atoms with Gasteiger partial charge in [0, 0.05) is 24.3 Å². The van der Waals surface area contributed by atoms with E-state index in [0.717, 1.165) is 42.9 Å². The van der Waals surface area contributed by atoms with Gasteiger partial charge in [0.25, 0.3) is 0 Å². The van der Waals surface area contributed by atoms with Crippen LogP contribution in [0.3, 0.4) is 0 Å². The SMILES string of the molecule is CCNC(CSc1n[nH]c(C)n1)C1CCOC1. The molecule has 1 aliphatic heterocycles. The number of nitrogens with zero attached hydrogens (tertiary/aromatic N) is 2. The first-order chi connectivity index (χ1) is 8.29. The molecule has 6 heteroatoms. The highest BCUT2D eigenvalue weighted by Gasteiger charge is 2.25. The van der Waals surface area contributed by atoms with Gasteiger partial charge < -0.3 is 10.1 Å². The summed E-state index contributed by atoms with van der Waals surface area (Å²) in [6.07, 6.45) is 1.16. The summed E-state index contributed by atoms with van der Waals surface area (Å²) < 4.78 is 5.45. The van der Waals surface area contributed by atoms with E-state index in [2.05, 4.69) is 27.4 Å². The maximum absolute atomic E-state index is 5.45. The predicted octanol–water partition coefficient (Wildman–Crippen LogP) is 1.22. The summed E-state index contributed by atoms with van der Waals surface area (Å²) in [5.74, 6) is 2.50. The topological polar surface area (TPSA) is 62.8 Å². The molecule has 1 aliphatic rings. The van der Waals surface area contributed by atoms with Gasteiger partial charge in [-0.1, -0.05) is 18.7 Å². The lowest BCUT2D eigenvalue weighted by Gasteiger charge is -2.22. The van der Waals surface area contributed by atoms with Gasteiger partial charge in [0.15, 0.2) is 0 Å². The van der Waals surface area contributed by atoms with Crippen molar-refractivity contribution in [3.8, 4) is 0 Å². The average molecular weight is 256 g/mol. The first-order valence-electron chi connectivity index (χ1n) is 6.12. The van der Waals surface area contributed by atoms with Gasteiger partial charge in [-0.15, -0.1) is 5.10 Å². The molecule has 2 atom stereocenters. The number of aryl methyl sites for hydroxylation is 1. The van der Waals surface area contributed by atoms with Crippen LogP contribution in [0.1, 0.15) is 19.2 Å². The van der Waals surface area contributed by atoms with Crippen LogP contribution in [0, 0.1) is 12.8 Å². The van der Waals surface area contributed by atoms with E-state index in [1.54, 1.807) is 11.8 Å². The number of thioether (sulfide) groups is 1. The second kappa shape index (κ2) is 6.37. The number of rotatable bonds is 6. The van der Waals surface area contributed by atoms with Gasteiger partial charge in [-0.25, -0.2) is 4.98 Å². The van der Waals surface area contributed by atoms with E-state index in [0.29, 0.717) is 12.0 Å². The first kappa shape index (κ1) is 12.9. The molecule has 0 aliphatic carbocycles. The third kappa shape index (κ3) is 3.69. The minimum Gasteiger partial charge on any atom is -0.381 e. The van der Waals surface area contributed by atoms with Crippen molar-refractivity contribution in [1.29, 1.82) is 0 Å². The molecule has 2 unspecified atom stereocenters. The molecule has 1 saturated heterocycles. The molecule has 17 heavy (non-hydrogen) atoms. The summed E-state index contributed by atoms with van der Waals surface area (Å²) in [6.45, 7) is 6.84. The van der Waals surface area contributed by atoms with Crippen molar-refractivity contribution in [2.24, 2.45) is 5.92 Å². The zero-order chi connectivity index (χ0) is 12.1. The summed E-state index contributed by atoms with van der Waals surface area (Å²) in [7, 11) is 0. The zero-order valence-electron chi connectivity index (χ0n) is 10.4. The third-order valence-electron chi connectivity index (χ3n) is 2.97. The van der Waals surface area contributed by atoms with E-state index in [-0.39, 0.29) is 0 Å². The van der Waals surface area contributed by atoms with Gasteiger partial charge in [0.05, 0.1) is 6.61 Å². The molecular weight excluding hydrogens is 236 g/mol. The van der Waals surface area contributed by atoms with Crippen molar-refractivity contribution in [1.82, 2.24) is 20.5 Å². The molecule has 0 saturated carbocycles. The quantitative estimate of drug-likeness (QED) is 0.749. The highest BCUT2D eigenvalue weighted by Crippen LogP contribution is 2.22. The Labute approximate surface area is 106 Å². The van der Waals surface area contributed by atoms with E-state index >= 15 is 0 Å². The van der Waals surface area contributed by atoms with Gasteiger partial charge in [-0.05, 0) is 19.9 Å². The molecule has 1 fully saturated rings. The summed E-state index contributed by atoms with van der Waals surface area (Å²) in [4.78, 5) is 4.31. The molecule has 0 aromatic carbocycles. The number of hydrogen-bond acceptors (Lipinski definition) is 5. The van der Waals surface area contributed by atoms with Crippen molar-refractivity contribution in [3.05, 3.63) is 5.82 Å². The van der Waals surface area contributed by atoms with Gasteiger partial charge in [0.2, 0.25) is 5.16 Å². The highest BCUT2D eigenvalue weighted by molar-refractivity contribution is 7.99. The lowest BCUT2D eigenvalue weighted by molar-refractivity contribution is 0.179. The molecule has 5 nitrogen and oxygen atoms in total. The summed E-state index contributed by atoms with van der Waals surface area (Å²) in [5.41, 5.74) is 0. The van der Waals surface area contributed by atoms with E-state index < -0.39 is 0 Å². The van der Waals surface area contributed by atoms with Crippen LogP contribution in [0.15, 0.2) is 5.16 Å². The van der Waals surface area contributed by atoms with E-state index in [1.807, 2.05) is 6.92 Å². The Morgan fingerprint density at radius 1 is 1.65 bits per heavy atom. The van der Waals surface area contributed by atoms with Gasteiger partial charge in [-0.2, -0.15) is 0 Å². The lowest BCUT2D eigenvalue weighted by Crippen LogP contribution is -2.38. The van der Waals surface area contributed by atoms with Gasteiger partial charge in [0.1, 0.15) is 5.82 Å². The Morgan fingerprint density at radius 3 is 3.12 bits per heavy atom. The molecule has 0 spiro atoms. The molecule has 2 N–H and O–H groups in total. The maximum Gasteiger partial charge on any atom is 0.208 e. The van der Waals surface area contributed by atoms with Crippen LogP contribution in [0.5, 0.6) is 0 Å². The monoisotopic (exact) mass is 256 g/mol. The molecule has 2 rings (SSSR count). The minimum absolute atomic E-state index is 0.492. The summed E-state index contributed by atoms with van der Waals surface area (Å²) >= 11 is 1.70. The molecule has 0 radical (unpaired) electrons. The van der Waals surface area contributed by atoms with Crippen LogP contribution in [-0.2, 0) is 4.74 Å². The van der Waals surface area contributed by atoms with Crippen molar-refractivity contribution in [2.45, 2.75) is 31.5 Å². The van der Waals surface area contributed by atoms with Crippen LogP contribution in [0.2, 0.25) is 0 Å². The smallest absolute Gasteiger partial charge is 0.208 e. The van der Waals surface area contributed by atoms with Crippen molar-refractivity contribution < 1.29 is 4.74 Å². The Hall–Kier alpha value is -0.590. The maximum atomic E-state index is 5.45. The fourth-order valence-corrected chi connectivity index (χ4v) is 3.08. The molecule has 2 heterocycles. The number of ether oxygens (including phenoxy) is 1. The van der Waals surface area contributed by atoms with Gasteiger partial charge in [-0.3, -0.25) is 5.10 Å². The Kier molecular flexibility index (Phi) is 4.82. The minimum atomic E-state index is 0.492. The first-order valence-corrected chi connectivity index (χ1v) is 7.11. The Morgan fingerprint density at radius 2 is 2.53 bits per heavy atom. The van der Waals surface area contributed by atoms with Crippen molar-refractivity contribution >= 4 is 11.8 Å². The van der Waals surface area contributed by atoms with Crippen LogP contribution >= 0.6 is 11.8 Å². The zero-order valence-corrected chi connectivity index (χ0v) is 11.2. The fourth-order valence-electron chi connectivity index (χ4n) is 2.05. The van der Waals surface area contributed by atoms with E-state index in [4.69, 9.17) is 4.74 Å². The summed E-state index contributed by atoms with van der Waals surface area (Å²) in [5, 5.41) is 11.4. The van der Waals surface area contributed by atoms with Crippen LogP contribution in [-0.4, -0.2) is 46.7 Å². The number of aromatic nitrogens is 3. The van der Waals surface area contributed by atoms with Crippen LogP contribution in [0.25, 0.3) is 0 Å². The Balaban J connectivity index is 1.84. The normalized spacial score (nSPS) is 21.9. The Bertz CT molecular complexity index is 338. The molecule has 0 bridgehead atoms. The van der Waals surface area contributed by atoms with Crippen molar-refractivity contribution in [3.63, 3.8) is 0 Å². The third-order valence-corrected chi connectivity index (χ3v) is 3.94. The molecule has 1 aromatic heterocycles. The molecule has 0 amide bonds. The van der Waals surface area contributed by atoms with Crippen LogP contribution in [0.4, 0.5) is 0 Å². The molecule has 1 aromatic rings. The average Bonchev–Trinajstić information content (AvgIpc) is 2.95. The standard InChI is InChI=1S/C11H20N4OS/c1-3-12-10(9-4-5-16-6-9)7-17-11-13-8(2)14-15-11/h9-10,12H,3-7H2,1-2H3,(H,13,14,15). The second-order valence-corrected chi connectivity index (χ2v) is 5.29. The number of hydrogen-bond donors (Lipinski definition) is 2. The van der Waals surface area contributed by atoms with Crippen molar-refractivity contribution in [2.75, 3.05) is 25.5 Å². The van der Waals surface area contributed by atoms with E-state index in [9.17, 15) is 0 Å². The summed E-state index contributed by atoms with van der Waals surface area (Å²) in [6, 6.07) is 0.492. The lowest BCUT2D eigenvalue weighted by atomic mass is 10.0. The highest BCUT2D eigenvalue weighted by atomic mass is 32.2. The van der Waals surface area contributed by atoms with E-state index in [1.165, 1.54) is 0 Å². The number of nitrogens with one attached hydrogen (secondary N) is 2. The fraction of sp³-hybridized carbons (Fsp3) is 0.818. The van der Waals surface area contributed by atoms with Gasteiger partial charge >= 0.3 is 0 Å². The second-order valence-electron chi connectivity index (χ2n) is 4.30. The molecular formula is C11H20N4OS. The molecule has 96 valence electrons. The number of H-pyrrole nitrogens is 1. The number of aromatic amines is 1.